The van der Waals surface area contributed by atoms with Gasteiger partial charge in [0.2, 0.25) is 11.5 Å². The summed E-state index contributed by atoms with van der Waals surface area (Å²) in [4.78, 5) is 51.9. The third kappa shape index (κ3) is 6.86. The third-order valence-electron chi connectivity index (χ3n) is 8.49. The molecule has 0 spiro atoms. The van der Waals surface area contributed by atoms with Gasteiger partial charge in [-0.2, -0.15) is 0 Å². The Morgan fingerprint density at radius 3 is 1.09 bits per heavy atom. The van der Waals surface area contributed by atoms with Crippen molar-refractivity contribution < 1.29 is 47.6 Å². The second kappa shape index (κ2) is 14.9. The maximum absolute atomic E-state index is 13.1. The lowest BCUT2D eigenvalue weighted by Crippen LogP contribution is -2.29. The lowest BCUT2D eigenvalue weighted by Gasteiger charge is -2.35. The van der Waals surface area contributed by atoms with Crippen molar-refractivity contribution in [2.45, 2.75) is 33.1 Å². The summed E-state index contributed by atoms with van der Waals surface area (Å²) in [7, 11) is 2.77. The van der Waals surface area contributed by atoms with Gasteiger partial charge in [-0.25, -0.2) is 19.2 Å². The average Bonchev–Trinajstić information content (AvgIpc) is 3.43. The minimum absolute atomic E-state index is 0.0516. The van der Waals surface area contributed by atoms with Crippen LogP contribution in [-0.2, 0) is 24.6 Å². The number of benzene rings is 4. The number of carbonyl (C=O) groups is 4. The Bertz CT molecular complexity index is 2100. The van der Waals surface area contributed by atoms with Crippen molar-refractivity contribution in [3.63, 3.8) is 0 Å². The molecule has 0 heterocycles. The fourth-order valence-corrected chi connectivity index (χ4v) is 6.00. The van der Waals surface area contributed by atoms with Crippen LogP contribution in [0.4, 0.5) is 0 Å². The van der Waals surface area contributed by atoms with Gasteiger partial charge in [-0.3, -0.25) is 0 Å². The van der Waals surface area contributed by atoms with E-state index in [1.807, 2.05) is 48.5 Å². The molecule has 53 heavy (non-hydrogen) atoms. The molecule has 0 aliphatic heterocycles. The van der Waals surface area contributed by atoms with Gasteiger partial charge in [-0.1, -0.05) is 74.8 Å². The van der Waals surface area contributed by atoms with Gasteiger partial charge in [-0.05, 0) is 85.3 Å². The van der Waals surface area contributed by atoms with Gasteiger partial charge in [0.25, 0.3) is 0 Å². The van der Waals surface area contributed by atoms with E-state index in [0.717, 1.165) is 22.3 Å². The Labute approximate surface area is 307 Å². The van der Waals surface area contributed by atoms with Crippen molar-refractivity contribution in [2.24, 2.45) is 0 Å². The second-order valence-electron chi connectivity index (χ2n) is 12.5. The largest absolute Gasteiger partial charge is 0.493 e. The molecule has 4 aromatic carbocycles. The molecule has 0 fully saturated rings. The molecule has 1 aliphatic carbocycles. The van der Waals surface area contributed by atoms with Crippen LogP contribution < -0.4 is 28.4 Å². The zero-order valence-electron chi connectivity index (χ0n) is 30.3. The van der Waals surface area contributed by atoms with E-state index >= 15 is 0 Å². The summed E-state index contributed by atoms with van der Waals surface area (Å²) >= 11 is 0. The highest BCUT2D eigenvalue weighted by atomic mass is 16.6. The monoisotopic (exact) mass is 714 g/mol. The highest BCUT2D eigenvalue weighted by Crippen LogP contribution is 2.59. The maximum atomic E-state index is 13.1. The average molecular weight is 715 g/mol. The summed E-state index contributed by atoms with van der Waals surface area (Å²) in [5.41, 5.74) is 3.34. The number of hydrogen-bond acceptors (Lipinski definition) is 10. The molecule has 4 aromatic rings. The summed E-state index contributed by atoms with van der Waals surface area (Å²) < 4.78 is 34.6. The van der Waals surface area contributed by atoms with Crippen LogP contribution in [0.1, 0.15) is 49.9 Å². The Morgan fingerprint density at radius 2 is 0.774 bits per heavy atom. The minimum Gasteiger partial charge on any atom is -0.493 e. The predicted octanol–water partition coefficient (Wildman–Crippen LogP) is 7.99. The summed E-state index contributed by atoms with van der Waals surface area (Å²) in [5, 5.41) is 0. The number of esters is 4. The number of fused-ring (bicyclic) bond motifs is 3. The second-order valence-corrected chi connectivity index (χ2v) is 12.5. The van der Waals surface area contributed by atoms with Gasteiger partial charge < -0.3 is 28.4 Å². The molecule has 270 valence electrons. The van der Waals surface area contributed by atoms with Crippen molar-refractivity contribution in [2.75, 3.05) is 14.2 Å². The van der Waals surface area contributed by atoms with Crippen molar-refractivity contribution in [1.29, 1.82) is 0 Å². The predicted molar refractivity (Wildman–Crippen MR) is 199 cm³/mol. The molecule has 0 bridgehead atoms. The molecular formula is C43H38O10. The highest BCUT2D eigenvalue weighted by molar-refractivity contribution is 5.94. The Morgan fingerprint density at radius 1 is 0.472 bits per heavy atom. The molecule has 0 N–H and O–H groups in total. The number of rotatable bonds is 12. The molecule has 0 unspecified atom stereocenters. The van der Waals surface area contributed by atoms with E-state index in [-0.39, 0.29) is 56.8 Å². The molecule has 0 saturated heterocycles. The van der Waals surface area contributed by atoms with Crippen LogP contribution in [-0.4, -0.2) is 38.1 Å². The first-order chi connectivity index (χ1) is 25.1. The molecule has 10 heteroatoms. The van der Waals surface area contributed by atoms with Crippen LogP contribution in [0.5, 0.6) is 34.5 Å². The Balaban J connectivity index is 1.97. The third-order valence-corrected chi connectivity index (χ3v) is 8.49. The summed E-state index contributed by atoms with van der Waals surface area (Å²) in [6.45, 7) is 20.7. The number of methoxy groups -OCH3 is 2. The van der Waals surface area contributed by atoms with Crippen LogP contribution >= 0.6 is 0 Å². The first-order valence-electron chi connectivity index (χ1n) is 16.3. The lowest BCUT2D eigenvalue weighted by molar-refractivity contribution is -0.132. The highest BCUT2D eigenvalue weighted by Gasteiger charge is 2.48. The van der Waals surface area contributed by atoms with Gasteiger partial charge in [0, 0.05) is 22.3 Å². The molecule has 1 aliphatic rings. The Hall–Kier alpha value is -6.68. The van der Waals surface area contributed by atoms with Crippen molar-refractivity contribution in [1.82, 2.24) is 0 Å². The fraction of sp³-hybridized carbons (Fsp3) is 0.163. The van der Waals surface area contributed by atoms with Crippen LogP contribution in [0.3, 0.4) is 0 Å². The summed E-state index contributed by atoms with van der Waals surface area (Å²) in [5.74, 6) is -3.62. The topological polar surface area (TPSA) is 124 Å². The molecule has 0 aromatic heterocycles. The molecule has 0 radical (unpaired) electrons. The summed E-state index contributed by atoms with van der Waals surface area (Å²) in [6, 6.07) is 21.9. The van der Waals surface area contributed by atoms with Crippen LogP contribution in [0.25, 0.3) is 11.1 Å². The minimum atomic E-state index is -1.30. The number of carbonyl (C=O) groups excluding carboxylic acids is 4. The molecular weight excluding hydrogens is 676 g/mol. The van der Waals surface area contributed by atoms with E-state index in [1.165, 1.54) is 41.9 Å². The van der Waals surface area contributed by atoms with E-state index in [9.17, 15) is 19.2 Å². The first-order valence-corrected chi connectivity index (χ1v) is 16.3. The SMILES string of the molecule is C=C(C)C(=O)Oc1cc(C2(c3cc(OC)c(OC(=O)C(=C)C)c(OC(=O)C(=C)C)c3)c3ccccc3-c3ccccc32)cc(OC)c1OC(=O)C(=C)C. The fourth-order valence-electron chi connectivity index (χ4n) is 6.00. The van der Waals surface area contributed by atoms with Crippen LogP contribution in [0.15, 0.2) is 121 Å². The first kappa shape index (κ1) is 37.6. The van der Waals surface area contributed by atoms with Gasteiger partial charge in [0.05, 0.1) is 19.6 Å². The van der Waals surface area contributed by atoms with Crippen LogP contribution in [0, 0.1) is 0 Å². The van der Waals surface area contributed by atoms with E-state index in [0.29, 0.717) is 11.1 Å². The van der Waals surface area contributed by atoms with Crippen molar-refractivity contribution in [3.8, 4) is 45.6 Å². The maximum Gasteiger partial charge on any atom is 0.338 e. The quantitative estimate of drug-likeness (QED) is 0.0714. The number of hydrogen-bond donors (Lipinski definition) is 0. The van der Waals surface area contributed by atoms with Gasteiger partial charge in [0.1, 0.15) is 0 Å². The van der Waals surface area contributed by atoms with E-state index in [1.54, 1.807) is 24.3 Å². The molecule has 0 saturated carbocycles. The zero-order valence-corrected chi connectivity index (χ0v) is 30.3. The van der Waals surface area contributed by atoms with Crippen molar-refractivity contribution in [3.05, 3.63) is 144 Å². The number of ether oxygens (including phenoxy) is 6. The smallest absolute Gasteiger partial charge is 0.338 e. The lowest BCUT2D eigenvalue weighted by atomic mass is 9.67. The molecule has 0 amide bonds. The standard InChI is InChI=1S/C43H38O10/c1-23(2)39(44)50-35-21-27(19-33(48-9)37(35)52-41(46)25(5)6)43(31-17-13-11-15-29(31)30-16-12-14-18-32(30)43)28-20-34(49-10)38(53-42(47)26(7)8)36(22-28)51-40(45)24(3)4/h11-22H,1,3,5,7H2,2,4,6,8-10H3. The normalized spacial score (nSPS) is 12.0. The Kier molecular flexibility index (Phi) is 10.6. The van der Waals surface area contributed by atoms with Crippen LogP contribution in [0.2, 0.25) is 0 Å². The van der Waals surface area contributed by atoms with Gasteiger partial charge in [-0.15, -0.1) is 0 Å². The van der Waals surface area contributed by atoms with Gasteiger partial charge >= 0.3 is 23.9 Å². The molecule has 5 rings (SSSR count). The van der Waals surface area contributed by atoms with E-state index in [4.69, 9.17) is 28.4 Å². The van der Waals surface area contributed by atoms with E-state index in [2.05, 4.69) is 26.3 Å². The van der Waals surface area contributed by atoms with Gasteiger partial charge in [0.15, 0.2) is 23.0 Å². The molecule has 10 nitrogen and oxygen atoms in total. The van der Waals surface area contributed by atoms with E-state index < -0.39 is 29.3 Å². The zero-order chi connectivity index (χ0) is 38.8. The molecule has 0 atom stereocenters. The van der Waals surface area contributed by atoms with Crippen molar-refractivity contribution >= 4 is 23.9 Å². The summed E-state index contributed by atoms with van der Waals surface area (Å²) in [6.07, 6.45) is 0.